The Hall–Kier alpha value is -2.66. The lowest BCUT2D eigenvalue weighted by Crippen LogP contribution is -2.44. The van der Waals surface area contributed by atoms with Gasteiger partial charge in [-0.05, 0) is 66.8 Å². The van der Waals surface area contributed by atoms with Crippen molar-refractivity contribution in [1.29, 1.82) is 0 Å². The van der Waals surface area contributed by atoms with E-state index in [2.05, 4.69) is 41.1 Å². The Morgan fingerprint density at radius 1 is 1.11 bits per heavy atom. The first-order chi connectivity index (χ1) is 13.2. The second-order valence-corrected chi connectivity index (χ2v) is 7.84. The quantitative estimate of drug-likeness (QED) is 0.712. The summed E-state index contributed by atoms with van der Waals surface area (Å²) >= 11 is 0. The number of fused-ring (bicyclic) bond motifs is 7. The van der Waals surface area contributed by atoms with Crippen LogP contribution in [-0.2, 0) is 19.4 Å². The fraction of sp³-hybridized carbons (Fsp3) is 0.364. The maximum atomic E-state index is 5.66. The number of hydrogen-bond donors (Lipinski definition) is 1. The van der Waals surface area contributed by atoms with Crippen LogP contribution in [0.5, 0.6) is 17.2 Å². The van der Waals surface area contributed by atoms with Gasteiger partial charge < -0.3 is 19.2 Å². The highest BCUT2D eigenvalue weighted by molar-refractivity contribution is 5.86. The van der Waals surface area contributed by atoms with Gasteiger partial charge in [0.1, 0.15) is 5.75 Å². The molecule has 3 aliphatic heterocycles. The zero-order chi connectivity index (χ0) is 18.1. The molecular formula is C22H22N2O3. The Kier molecular flexibility index (Phi) is 3.09. The SMILES string of the molecule is COc1ccc2[nH]c3c(c2c1)CC1c2cc4c(cc2C[C@H](C)N1C3)OCO4. The molecule has 2 atom stereocenters. The number of methoxy groups -OCH3 is 1. The molecule has 0 aliphatic carbocycles. The van der Waals surface area contributed by atoms with Crippen molar-refractivity contribution in [1.82, 2.24) is 9.88 Å². The molecule has 1 N–H and O–H groups in total. The van der Waals surface area contributed by atoms with E-state index < -0.39 is 0 Å². The van der Waals surface area contributed by atoms with Gasteiger partial charge in [0, 0.05) is 35.2 Å². The molecular weight excluding hydrogens is 340 g/mol. The van der Waals surface area contributed by atoms with E-state index in [0.717, 1.165) is 36.6 Å². The lowest BCUT2D eigenvalue weighted by Gasteiger charge is -2.44. The van der Waals surface area contributed by atoms with Crippen LogP contribution < -0.4 is 14.2 Å². The number of benzene rings is 2. The number of aromatic amines is 1. The van der Waals surface area contributed by atoms with Gasteiger partial charge in [0.15, 0.2) is 11.5 Å². The summed E-state index contributed by atoms with van der Waals surface area (Å²) in [5.74, 6) is 2.69. The highest BCUT2D eigenvalue weighted by Gasteiger charge is 2.38. The lowest BCUT2D eigenvalue weighted by molar-refractivity contribution is 0.105. The molecule has 1 aromatic heterocycles. The van der Waals surface area contributed by atoms with Crippen molar-refractivity contribution in [3.8, 4) is 17.2 Å². The standard InChI is InChI=1S/C22H22N2O3/c1-12-5-13-6-21-22(27-11-26-21)9-15(13)20-8-17-16-7-14(25-2)3-4-18(16)23-19(17)10-24(12)20/h3-4,6-7,9,12,20,23H,5,8,10-11H2,1-2H3/t12-,20?/m0/s1. The number of rotatable bonds is 1. The second-order valence-electron chi connectivity index (χ2n) is 7.84. The molecule has 5 heteroatoms. The van der Waals surface area contributed by atoms with Gasteiger partial charge in [-0.2, -0.15) is 0 Å². The van der Waals surface area contributed by atoms with E-state index in [0.29, 0.717) is 18.9 Å². The number of H-pyrrole nitrogens is 1. The molecule has 3 aliphatic rings. The van der Waals surface area contributed by atoms with E-state index in [1.165, 1.54) is 33.3 Å². The average Bonchev–Trinajstić information content (AvgIpc) is 3.28. The van der Waals surface area contributed by atoms with Crippen LogP contribution in [0.3, 0.4) is 0 Å². The van der Waals surface area contributed by atoms with Crippen LogP contribution in [0.25, 0.3) is 10.9 Å². The van der Waals surface area contributed by atoms with Gasteiger partial charge in [-0.15, -0.1) is 0 Å². The molecule has 0 radical (unpaired) electrons. The highest BCUT2D eigenvalue weighted by Crippen LogP contribution is 2.46. The maximum absolute atomic E-state index is 5.66. The molecule has 27 heavy (non-hydrogen) atoms. The molecule has 5 nitrogen and oxygen atoms in total. The fourth-order valence-corrected chi connectivity index (χ4v) is 5.05. The van der Waals surface area contributed by atoms with Crippen LogP contribution in [0.2, 0.25) is 0 Å². The predicted octanol–water partition coefficient (Wildman–Crippen LogP) is 3.95. The van der Waals surface area contributed by atoms with Crippen LogP contribution in [-0.4, -0.2) is 29.8 Å². The number of ether oxygens (including phenoxy) is 3. The summed E-state index contributed by atoms with van der Waals surface area (Å²) in [5.41, 5.74) is 6.74. The topological polar surface area (TPSA) is 46.7 Å². The zero-order valence-electron chi connectivity index (χ0n) is 15.5. The average molecular weight is 362 g/mol. The van der Waals surface area contributed by atoms with Crippen molar-refractivity contribution in [2.24, 2.45) is 0 Å². The van der Waals surface area contributed by atoms with E-state index in [9.17, 15) is 0 Å². The molecule has 1 unspecified atom stereocenters. The number of nitrogens with one attached hydrogen (secondary N) is 1. The van der Waals surface area contributed by atoms with Gasteiger partial charge in [-0.25, -0.2) is 0 Å². The van der Waals surface area contributed by atoms with Crippen LogP contribution in [0, 0.1) is 0 Å². The Balaban J connectivity index is 1.49. The molecule has 138 valence electrons. The summed E-state index contributed by atoms with van der Waals surface area (Å²) in [4.78, 5) is 6.27. The molecule has 0 spiro atoms. The third-order valence-corrected chi connectivity index (χ3v) is 6.42. The van der Waals surface area contributed by atoms with Crippen molar-refractivity contribution < 1.29 is 14.2 Å². The Morgan fingerprint density at radius 2 is 1.96 bits per heavy atom. The molecule has 2 aromatic carbocycles. The van der Waals surface area contributed by atoms with Gasteiger partial charge >= 0.3 is 0 Å². The van der Waals surface area contributed by atoms with Gasteiger partial charge in [0.2, 0.25) is 6.79 Å². The number of nitrogens with zero attached hydrogens (tertiary/aromatic N) is 1. The third kappa shape index (κ3) is 2.15. The molecule has 0 amide bonds. The summed E-state index contributed by atoms with van der Waals surface area (Å²) < 4.78 is 16.7. The van der Waals surface area contributed by atoms with E-state index in [-0.39, 0.29) is 0 Å². The molecule has 0 saturated carbocycles. The fourth-order valence-electron chi connectivity index (χ4n) is 5.05. The molecule has 3 aromatic rings. The first-order valence-electron chi connectivity index (χ1n) is 9.57. The summed E-state index contributed by atoms with van der Waals surface area (Å²) in [6.45, 7) is 3.61. The van der Waals surface area contributed by atoms with Crippen LogP contribution in [0.1, 0.15) is 35.3 Å². The van der Waals surface area contributed by atoms with Gasteiger partial charge in [-0.1, -0.05) is 0 Å². The summed E-state index contributed by atoms with van der Waals surface area (Å²) in [6.07, 6.45) is 2.05. The molecule has 6 rings (SSSR count). The third-order valence-electron chi connectivity index (χ3n) is 6.42. The van der Waals surface area contributed by atoms with Crippen molar-refractivity contribution in [3.05, 3.63) is 52.7 Å². The Labute approximate surface area is 157 Å². The largest absolute Gasteiger partial charge is 0.497 e. The Morgan fingerprint density at radius 3 is 2.81 bits per heavy atom. The first-order valence-corrected chi connectivity index (χ1v) is 9.57. The predicted molar refractivity (Wildman–Crippen MR) is 103 cm³/mol. The summed E-state index contributed by atoms with van der Waals surface area (Å²) in [6, 6.07) is 11.6. The van der Waals surface area contributed by atoms with Crippen LogP contribution in [0.4, 0.5) is 0 Å². The molecule has 4 heterocycles. The minimum atomic E-state index is 0.328. The van der Waals surface area contributed by atoms with Crippen LogP contribution in [0.15, 0.2) is 30.3 Å². The highest BCUT2D eigenvalue weighted by atomic mass is 16.7. The molecule has 0 saturated heterocycles. The maximum Gasteiger partial charge on any atom is 0.231 e. The van der Waals surface area contributed by atoms with E-state index in [4.69, 9.17) is 14.2 Å². The number of aromatic nitrogens is 1. The van der Waals surface area contributed by atoms with Gasteiger partial charge in [0.05, 0.1) is 7.11 Å². The normalized spacial score (nSPS) is 23.0. The van der Waals surface area contributed by atoms with Gasteiger partial charge in [0.25, 0.3) is 0 Å². The molecule has 0 fully saturated rings. The Bertz CT molecular complexity index is 1070. The summed E-state index contributed by atoms with van der Waals surface area (Å²) in [7, 11) is 1.73. The number of hydrogen-bond acceptors (Lipinski definition) is 4. The van der Waals surface area contributed by atoms with Gasteiger partial charge in [-0.3, -0.25) is 4.90 Å². The zero-order valence-corrected chi connectivity index (χ0v) is 15.5. The van der Waals surface area contributed by atoms with Crippen molar-refractivity contribution >= 4 is 10.9 Å². The van der Waals surface area contributed by atoms with Crippen molar-refractivity contribution in [3.63, 3.8) is 0 Å². The summed E-state index contributed by atoms with van der Waals surface area (Å²) in [5, 5.41) is 1.28. The minimum absolute atomic E-state index is 0.328. The lowest BCUT2D eigenvalue weighted by atomic mass is 9.82. The van der Waals surface area contributed by atoms with Crippen molar-refractivity contribution in [2.45, 2.75) is 38.4 Å². The van der Waals surface area contributed by atoms with E-state index in [1.807, 2.05) is 6.07 Å². The minimum Gasteiger partial charge on any atom is -0.497 e. The molecule has 0 bridgehead atoms. The smallest absolute Gasteiger partial charge is 0.231 e. The second kappa shape index (κ2) is 5.42. The van der Waals surface area contributed by atoms with Crippen LogP contribution >= 0.6 is 0 Å². The first kappa shape index (κ1) is 15.4. The van der Waals surface area contributed by atoms with Crippen molar-refractivity contribution in [2.75, 3.05) is 13.9 Å². The van der Waals surface area contributed by atoms with E-state index in [1.54, 1.807) is 7.11 Å². The van der Waals surface area contributed by atoms with E-state index >= 15 is 0 Å². The monoisotopic (exact) mass is 362 g/mol.